The van der Waals surface area contributed by atoms with Crippen molar-refractivity contribution in [3.05, 3.63) is 0 Å². The molecule has 86 valence electrons. The van der Waals surface area contributed by atoms with Crippen molar-refractivity contribution in [1.29, 1.82) is 0 Å². The maximum atomic E-state index is 11.1. The standard InChI is InChI=1S/C14H24O/c1-3-9(2)14(15)12-5-10-4-11(7-12)8-13(14)6-10/h9-13,15H,3-8H2,1-2H3. The van der Waals surface area contributed by atoms with E-state index in [0.717, 1.165) is 18.3 Å². The van der Waals surface area contributed by atoms with Crippen LogP contribution in [0.1, 0.15) is 52.4 Å². The van der Waals surface area contributed by atoms with Gasteiger partial charge < -0.3 is 5.11 Å². The van der Waals surface area contributed by atoms with Crippen LogP contribution < -0.4 is 0 Å². The second kappa shape index (κ2) is 3.23. The summed E-state index contributed by atoms with van der Waals surface area (Å²) < 4.78 is 0. The fourth-order valence-corrected chi connectivity index (χ4v) is 5.07. The third-order valence-electron chi connectivity index (χ3n) is 5.85. The molecule has 0 saturated heterocycles. The SMILES string of the molecule is CCC(C)C1(O)C2CC3CC(C2)CC1C3. The maximum absolute atomic E-state index is 11.1. The number of aliphatic hydroxyl groups is 1. The van der Waals surface area contributed by atoms with E-state index < -0.39 is 0 Å². The molecule has 0 aliphatic heterocycles. The van der Waals surface area contributed by atoms with Crippen molar-refractivity contribution in [2.24, 2.45) is 29.6 Å². The Hall–Kier alpha value is -0.0400. The van der Waals surface area contributed by atoms with E-state index in [2.05, 4.69) is 13.8 Å². The molecular formula is C14H24O. The topological polar surface area (TPSA) is 20.2 Å². The molecule has 1 nitrogen and oxygen atoms in total. The summed E-state index contributed by atoms with van der Waals surface area (Å²) in [7, 11) is 0. The van der Waals surface area contributed by atoms with Gasteiger partial charge in [-0.05, 0) is 61.7 Å². The van der Waals surface area contributed by atoms with Gasteiger partial charge in [0, 0.05) is 0 Å². The zero-order chi connectivity index (χ0) is 10.6. The molecule has 0 aromatic heterocycles. The van der Waals surface area contributed by atoms with Gasteiger partial charge in [0.25, 0.3) is 0 Å². The van der Waals surface area contributed by atoms with Crippen LogP contribution in [0, 0.1) is 29.6 Å². The van der Waals surface area contributed by atoms with Gasteiger partial charge >= 0.3 is 0 Å². The van der Waals surface area contributed by atoms with Crippen molar-refractivity contribution >= 4 is 0 Å². The molecule has 4 aliphatic rings. The summed E-state index contributed by atoms with van der Waals surface area (Å²) in [6.45, 7) is 4.50. The molecule has 1 atom stereocenters. The summed E-state index contributed by atoms with van der Waals surface area (Å²) in [5, 5.41) is 11.1. The minimum absolute atomic E-state index is 0.290. The molecule has 0 heterocycles. The van der Waals surface area contributed by atoms with Gasteiger partial charge in [0.2, 0.25) is 0 Å². The Balaban J connectivity index is 1.91. The van der Waals surface area contributed by atoms with Gasteiger partial charge in [0.15, 0.2) is 0 Å². The van der Waals surface area contributed by atoms with Crippen LogP contribution >= 0.6 is 0 Å². The van der Waals surface area contributed by atoms with Crippen molar-refractivity contribution in [2.75, 3.05) is 0 Å². The zero-order valence-corrected chi connectivity index (χ0v) is 10.1. The Bertz CT molecular complexity index is 230. The predicted molar refractivity (Wildman–Crippen MR) is 61.4 cm³/mol. The quantitative estimate of drug-likeness (QED) is 0.738. The number of hydrogen-bond acceptors (Lipinski definition) is 1. The molecule has 0 amide bonds. The van der Waals surface area contributed by atoms with E-state index in [1.165, 1.54) is 32.1 Å². The first kappa shape index (κ1) is 10.1. The van der Waals surface area contributed by atoms with Gasteiger partial charge in [-0.15, -0.1) is 0 Å². The van der Waals surface area contributed by atoms with Crippen molar-refractivity contribution in [3.63, 3.8) is 0 Å². The van der Waals surface area contributed by atoms with E-state index in [4.69, 9.17) is 0 Å². The lowest BCUT2D eigenvalue weighted by Crippen LogP contribution is -2.60. The van der Waals surface area contributed by atoms with Crippen LogP contribution in [0.25, 0.3) is 0 Å². The van der Waals surface area contributed by atoms with Gasteiger partial charge in [-0.2, -0.15) is 0 Å². The highest BCUT2D eigenvalue weighted by Crippen LogP contribution is 2.60. The summed E-state index contributed by atoms with van der Waals surface area (Å²) >= 11 is 0. The predicted octanol–water partition coefficient (Wildman–Crippen LogP) is 3.22. The largest absolute Gasteiger partial charge is 0.389 e. The molecule has 4 saturated carbocycles. The van der Waals surface area contributed by atoms with Crippen molar-refractivity contribution in [1.82, 2.24) is 0 Å². The Morgan fingerprint density at radius 2 is 1.53 bits per heavy atom. The molecular weight excluding hydrogens is 184 g/mol. The van der Waals surface area contributed by atoms with Gasteiger partial charge in [-0.3, -0.25) is 0 Å². The molecule has 0 radical (unpaired) electrons. The second-order valence-corrected chi connectivity index (χ2v) is 6.50. The summed E-state index contributed by atoms with van der Waals surface area (Å²) in [6.07, 6.45) is 7.92. The molecule has 0 aromatic carbocycles. The zero-order valence-electron chi connectivity index (χ0n) is 10.1. The Morgan fingerprint density at radius 3 is 1.93 bits per heavy atom. The third-order valence-corrected chi connectivity index (χ3v) is 5.85. The first-order chi connectivity index (χ1) is 7.14. The molecule has 4 fully saturated rings. The fraction of sp³-hybridized carbons (Fsp3) is 1.00. The normalized spacial score (nSPS) is 54.6. The summed E-state index contributed by atoms with van der Waals surface area (Å²) in [5.74, 6) is 3.73. The molecule has 1 heteroatoms. The van der Waals surface area contributed by atoms with Gasteiger partial charge in [-0.1, -0.05) is 20.3 Å². The van der Waals surface area contributed by atoms with E-state index in [-0.39, 0.29) is 5.60 Å². The summed E-state index contributed by atoms with van der Waals surface area (Å²) in [6, 6.07) is 0. The highest BCUT2D eigenvalue weighted by Gasteiger charge is 2.57. The van der Waals surface area contributed by atoms with E-state index in [0.29, 0.717) is 17.8 Å². The molecule has 0 spiro atoms. The van der Waals surface area contributed by atoms with Crippen LogP contribution in [0.2, 0.25) is 0 Å². The smallest absolute Gasteiger partial charge is 0.0729 e. The monoisotopic (exact) mass is 208 g/mol. The summed E-state index contributed by atoms with van der Waals surface area (Å²) in [5.41, 5.74) is -0.290. The van der Waals surface area contributed by atoms with Crippen LogP contribution in [-0.4, -0.2) is 10.7 Å². The number of hydrogen-bond donors (Lipinski definition) is 1. The maximum Gasteiger partial charge on any atom is 0.0729 e. The average molecular weight is 208 g/mol. The van der Waals surface area contributed by atoms with E-state index in [1.54, 1.807) is 0 Å². The molecule has 15 heavy (non-hydrogen) atoms. The Labute approximate surface area is 93.3 Å². The lowest BCUT2D eigenvalue weighted by atomic mass is 9.47. The molecule has 1 N–H and O–H groups in total. The van der Waals surface area contributed by atoms with Crippen molar-refractivity contribution < 1.29 is 5.11 Å². The lowest BCUT2D eigenvalue weighted by Gasteiger charge is -2.61. The molecule has 0 aromatic rings. The third kappa shape index (κ3) is 1.25. The van der Waals surface area contributed by atoms with Gasteiger partial charge in [0.05, 0.1) is 5.60 Å². The highest BCUT2D eigenvalue weighted by atomic mass is 16.3. The molecule has 4 bridgehead atoms. The minimum Gasteiger partial charge on any atom is -0.389 e. The van der Waals surface area contributed by atoms with Crippen molar-refractivity contribution in [3.8, 4) is 0 Å². The minimum atomic E-state index is -0.290. The average Bonchev–Trinajstić information content (AvgIpc) is 2.23. The van der Waals surface area contributed by atoms with E-state index >= 15 is 0 Å². The second-order valence-electron chi connectivity index (χ2n) is 6.50. The van der Waals surface area contributed by atoms with Crippen LogP contribution in [0.3, 0.4) is 0 Å². The van der Waals surface area contributed by atoms with Crippen LogP contribution in [0.5, 0.6) is 0 Å². The highest BCUT2D eigenvalue weighted by molar-refractivity contribution is 5.08. The van der Waals surface area contributed by atoms with Crippen LogP contribution in [-0.2, 0) is 0 Å². The first-order valence-electron chi connectivity index (χ1n) is 6.86. The Morgan fingerprint density at radius 1 is 1.07 bits per heavy atom. The fourth-order valence-electron chi connectivity index (χ4n) is 5.07. The molecule has 4 rings (SSSR count). The van der Waals surface area contributed by atoms with Gasteiger partial charge in [0.1, 0.15) is 0 Å². The lowest BCUT2D eigenvalue weighted by molar-refractivity contribution is -0.199. The molecule has 1 unspecified atom stereocenters. The summed E-state index contributed by atoms with van der Waals surface area (Å²) in [4.78, 5) is 0. The first-order valence-corrected chi connectivity index (χ1v) is 6.86. The van der Waals surface area contributed by atoms with Crippen LogP contribution in [0.15, 0.2) is 0 Å². The molecule has 4 aliphatic carbocycles. The Kier molecular flexibility index (Phi) is 2.18. The van der Waals surface area contributed by atoms with E-state index in [9.17, 15) is 5.11 Å². The van der Waals surface area contributed by atoms with Gasteiger partial charge in [-0.25, -0.2) is 0 Å². The van der Waals surface area contributed by atoms with E-state index in [1.807, 2.05) is 0 Å². The number of rotatable bonds is 2. The van der Waals surface area contributed by atoms with Crippen LogP contribution in [0.4, 0.5) is 0 Å². The van der Waals surface area contributed by atoms with Crippen molar-refractivity contribution in [2.45, 2.75) is 58.0 Å².